The van der Waals surface area contributed by atoms with Crippen molar-refractivity contribution in [2.45, 2.75) is 39.2 Å². The molecule has 0 radical (unpaired) electrons. The number of aromatic amines is 1. The first-order valence-corrected chi connectivity index (χ1v) is 10.6. The van der Waals surface area contributed by atoms with Crippen LogP contribution in [0.5, 0.6) is 5.75 Å². The summed E-state index contributed by atoms with van der Waals surface area (Å²) in [6, 6.07) is 8.20. The summed E-state index contributed by atoms with van der Waals surface area (Å²) in [6.07, 6.45) is 4.47. The molecule has 2 aromatic heterocycles. The second-order valence-electron chi connectivity index (χ2n) is 8.53. The zero-order chi connectivity index (χ0) is 20.8. The summed E-state index contributed by atoms with van der Waals surface area (Å²) >= 11 is 0. The normalized spacial score (nSPS) is 25.7. The first-order chi connectivity index (χ1) is 14.5. The van der Waals surface area contributed by atoms with Gasteiger partial charge in [-0.1, -0.05) is 6.92 Å². The lowest BCUT2D eigenvalue weighted by molar-refractivity contribution is -0.121. The number of fused-ring (bicyclic) bond motifs is 2. The molecule has 0 spiro atoms. The van der Waals surface area contributed by atoms with Gasteiger partial charge in [0.1, 0.15) is 11.6 Å². The van der Waals surface area contributed by atoms with Crippen molar-refractivity contribution < 1.29 is 13.9 Å². The first kappa shape index (κ1) is 19.0. The number of aryl methyl sites for hydroxylation is 1. The van der Waals surface area contributed by atoms with Crippen LogP contribution < -0.4 is 10.1 Å². The lowest BCUT2D eigenvalue weighted by Crippen LogP contribution is -2.27. The molecule has 5 atom stereocenters. The average Bonchev–Trinajstić information content (AvgIpc) is 3.04. The van der Waals surface area contributed by atoms with E-state index < -0.39 is 0 Å². The van der Waals surface area contributed by atoms with E-state index in [2.05, 4.69) is 27.4 Å². The lowest BCUT2D eigenvalue weighted by Gasteiger charge is -2.21. The smallest absolute Gasteiger partial charge is 0.228 e. The number of carbonyl (C=O) groups is 1. The van der Waals surface area contributed by atoms with Crippen LogP contribution in [0.25, 0.3) is 10.9 Å². The van der Waals surface area contributed by atoms with Crippen molar-refractivity contribution in [1.82, 2.24) is 15.2 Å². The topological polar surface area (TPSA) is 79.9 Å². The number of amides is 1. The highest BCUT2D eigenvalue weighted by Crippen LogP contribution is 2.62. The van der Waals surface area contributed by atoms with Gasteiger partial charge in [0, 0.05) is 29.3 Å². The summed E-state index contributed by atoms with van der Waals surface area (Å²) < 4.78 is 19.9. The summed E-state index contributed by atoms with van der Waals surface area (Å²) in [5.74, 6) is 2.44. The number of anilines is 1. The molecule has 2 aliphatic carbocycles. The van der Waals surface area contributed by atoms with Crippen molar-refractivity contribution in [3.8, 4) is 5.75 Å². The minimum absolute atomic E-state index is 0.00573. The second kappa shape index (κ2) is 7.38. The van der Waals surface area contributed by atoms with Gasteiger partial charge in [0.2, 0.25) is 5.91 Å². The number of hydrogen-bond donors (Lipinski definition) is 2. The minimum atomic E-state index is -0.293. The van der Waals surface area contributed by atoms with Gasteiger partial charge in [-0.3, -0.25) is 14.9 Å². The van der Waals surface area contributed by atoms with E-state index in [0.717, 1.165) is 30.5 Å². The average molecular weight is 408 g/mol. The van der Waals surface area contributed by atoms with Crippen LogP contribution >= 0.6 is 0 Å². The predicted octanol–water partition coefficient (Wildman–Crippen LogP) is 4.47. The Morgan fingerprint density at radius 3 is 2.80 bits per heavy atom. The molecule has 5 rings (SSSR count). The number of pyridine rings is 1. The fourth-order valence-corrected chi connectivity index (χ4v) is 5.24. The van der Waals surface area contributed by atoms with Crippen LogP contribution in [0, 0.1) is 36.4 Å². The van der Waals surface area contributed by atoms with E-state index in [-0.39, 0.29) is 23.7 Å². The van der Waals surface area contributed by atoms with Crippen molar-refractivity contribution in [2.24, 2.45) is 23.7 Å². The molecule has 156 valence electrons. The standard InChI is InChI=1S/C23H25FN4O2/c1-3-15(23(29)26-21-8-12(2)27-28-21)22-16-10-14(11-17(16)22)30-20-6-7-25-19-5-4-13(24)9-18(19)20/h4-9,14-17,22H,3,10-11H2,1-2H3,(H2,26,27,28,29)/t14?,15?,16-,17+,22?. The highest BCUT2D eigenvalue weighted by molar-refractivity contribution is 5.92. The van der Waals surface area contributed by atoms with Crippen molar-refractivity contribution >= 4 is 22.6 Å². The molecule has 0 saturated heterocycles. The van der Waals surface area contributed by atoms with Gasteiger partial charge in [-0.15, -0.1) is 0 Å². The molecule has 2 heterocycles. The number of hydrogen-bond acceptors (Lipinski definition) is 4. The summed E-state index contributed by atoms with van der Waals surface area (Å²) in [7, 11) is 0. The Bertz CT molecular complexity index is 1090. The number of H-pyrrole nitrogens is 1. The third-order valence-electron chi connectivity index (χ3n) is 6.62. The Morgan fingerprint density at radius 1 is 1.30 bits per heavy atom. The molecule has 2 N–H and O–H groups in total. The molecule has 6 nitrogen and oxygen atoms in total. The summed E-state index contributed by atoms with van der Waals surface area (Å²) in [6.45, 7) is 3.98. The third-order valence-corrected chi connectivity index (χ3v) is 6.62. The Hall–Kier alpha value is -2.96. The van der Waals surface area contributed by atoms with Gasteiger partial charge in [0.05, 0.1) is 11.6 Å². The van der Waals surface area contributed by atoms with Gasteiger partial charge in [0.25, 0.3) is 0 Å². The third kappa shape index (κ3) is 3.42. The molecule has 7 heteroatoms. The molecule has 2 saturated carbocycles. The molecule has 1 aromatic carbocycles. The lowest BCUT2D eigenvalue weighted by atomic mass is 9.93. The highest BCUT2D eigenvalue weighted by Gasteiger charge is 2.60. The maximum absolute atomic E-state index is 13.7. The van der Waals surface area contributed by atoms with E-state index in [4.69, 9.17) is 4.74 Å². The molecule has 1 amide bonds. The fraction of sp³-hybridized carbons (Fsp3) is 0.435. The summed E-state index contributed by atoms with van der Waals surface area (Å²) in [5, 5.41) is 10.6. The Morgan fingerprint density at radius 2 is 2.10 bits per heavy atom. The fourth-order valence-electron chi connectivity index (χ4n) is 5.24. The zero-order valence-electron chi connectivity index (χ0n) is 17.1. The number of carbonyl (C=O) groups excluding carboxylic acids is 1. The Kier molecular flexibility index (Phi) is 4.68. The number of aromatic nitrogens is 3. The molecular formula is C23H25FN4O2. The molecular weight excluding hydrogens is 383 g/mol. The van der Waals surface area contributed by atoms with E-state index in [9.17, 15) is 9.18 Å². The van der Waals surface area contributed by atoms with Gasteiger partial charge >= 0.3 is 0 Å². The minimum Gasteiger partial charge on any atom is -0.490 e. The van der Waals surface area contributed by atoms with Gasteiger partial charge in [-0.2, -0.15) is 5.10 Å². The number of nitrogens with one attached hydrogen (secondary N) is 2. The second-order valence-corrected chi connectivity index (χ2v) is 8.53. The monoisotopic (exact) mass is 408 g/mol. The van der Waals surface area contributed by atoms with Crippen LogP contribution in [0.2, 0.25) is 0 Å². The van der Waals surface area contributed by atoms with E-state index >= 15 is 0 Å². The zero-order valence-corrected chi connectivity index (χ0v) is 17.1. The largest absolute Gasteiger partial charge is 0.490 e. The van der Waals surface area contributed by atoms with Gasteiger partial charge in [-0.05, 0) is 68.2 Å². The molecule has 2 aliphatic rings. The summed E-state index contributed by atoms with van der Waals surface area (Å²) in [4.78, 5) is 17.1. The maximum atomic E-state index is 13.7. The van der Waals surface area contributed by atoms with Gasteiger partial charge in [-0.25, -0.2) is 4.39 Å². The summed E-state index contributed by atoms with van der Waals surface area (Å²) in [5.41, 5.74) is 1.65. The number of rotatable bonds is 6. The molecule has 0 bridgehead atoms. The van der Waals surface area contributed by atoms with Gasteiger partial charge < -0.3 is 10.1 Å². The molecule has 2 fully saturated rings. The number of nitrogens with zero attached hydrogens (tertiary/aromatic N) is 2. The van der Waals surface area contributed by atoms with Crippen LogP contribution in [-0.4, -0.2) is 27.2 Å². The van der Waals surface area contributed by atoms with Crippen LogP contribution in [0.4, 0.5) is 10.2 Å². The van der Waals surface area contributed by atoms with Crippen LogP contribution in [0.3, 0.4) is 0 Å². The van der Waals surface area contributed by atoms with Crippen molar-refractivity contribution in [3.63, 3.8) is 0 Å². The van der Waals surface area contributed by atoms with Crippen LogP contribution in [-0.2, 0) is 4.79 Å². The quantitative estimate of drug-likeness (QED) is 0.631. The predicted molar refractivity (Wildman–Crippen MR) is 112 cm³/mol. The van der Waals surface area contributed by atoms with E-state index in [1.165, 1.54) is 12.1 Å². The number of benzene rings is 1. The van der Waals surface area contributed by atoms with E-state index in [0.29, 0.717) is 34.7 Å². The van der Waals surface area contributed by atoms with Crippen molar-refractivity contribution in [3.05, 3.63) is 48.0 Å². The number of halogens is 1. The highest BCUT2D eigenvalue weighted by atomic mass is 19.1. The SMILES string of the molecule is CCC(C(=O)Nc1cc(C)[nH]n1)C1[C@H]2CC(Oc3ccnc4ccc(F)cc34)C[C@@H]12. The van der Waals surface area contributed by atoms with Crippen molar-refractivity contribution in [2.75, 3.05) is 5.32 Å². The molecule has 30 heavy (non-hydrogen) atoms. The van der Waals surface area contributed by atoms with Crippen molar-refractivity contribution in [1.29, 1.82) is 0 Å². The molecule has 0 aliphatic heterocycles. The maximum Gasteiger partial charge on any atom is 0.228 e. The molecule has 3 unspecified atom stereocenters. The van der Waals surface area contributed by atoms with Crippen LogP contribution in [0.1, 0.15) is 31.9 Å². The van der Waals surface area contributed by atoms with Crippen LogP contribution in [0.15, 0.2) is 36.5 Å². The molecule has 3 aromatic rings. The van der Waals surface area contributed by atoms with E-state index in [1.807, 2.05) is 13.0 Å². The van der Waals surface area contributed by atoms with E-state index in [1.54, 1.807) is 18.3 Å². The Labute approximate surface area is 174 Å². The first-order valence-electron chi connectivity index (χ1n) is 10.6. The Balaban J connectivity index is 1.22. The number of ether oxygens (including phenoxy) is 1. The van der Waals surface area contributed by atoms with Gasteiger partial charge in [0.15, 0.2) is 5.82 Å².